The fourth-order valence-corrected chi connectivity index (χ4v) is 0. The van der Waals surface area contributed by atoms with E-state index in [-0.39, 0.29) is 7.43 Å². The Labute approximate surface area is 51.5 Å². The SMILES string of the molecule is C.CO[Si](C)(C)Cl. The van der Waals surface area contributed by atoms with E-state index < -0.39 is 7.63 Å². The molecule has 0 saturated carbocycles. The molecule has 0 aromatic carbocycles. The molecule has 0 amide bonds. The molecule has 0 saturated heterocycles. The van der Waals surface area contributed by atoms with Crippen LogP contribution in [0.4, 0.5) is 0 Å². The Hall–Kier alpha value is 0.467. The number of halogens is 1. The molecule has 0 aliphatic carbocycles. The molecule has 0 aromatic rings. The van der Waals surface area contributed by atoms with Crippen LogP contribution >= 0.6 is 11.1 Å². The van der Waals surface area contributed by atoms with Crippen LogP contribution in [0.2, 0.25) is 13.1 Å². The van der Waals surface area contributed by atoms with E-state index in [1.807, 2.05) is 13.1 Å². The molecule has 7 heavy (non-hydrogen) atoms. The van der Waals surface area contributed by atoms with Gasteiger partial charge < -0.3 is 4.43 Å². The average Bonchev–Trinajstić information content (AvgIpc) is 1.35. The van der Waals surface area contributed by atoms with E-state index in [1.165, 1.54) is 0 Å². The summed E-state index contributed by atoms with van der Waals surface area (Å²) in [6, 6.07) is 0. The quantitative estimate of drug-likeness (QED) is 0.401. The zero-order chi connectivity index (χ0) is 5.21. The first-order valence-corrected chi connectivity index (χ1v) is 5.72. The summed E-state index contributed by atoms with van der Waals surface area (Å²) in [5.74, 6) is 0. The lowest BCUT2D eigenvalue weighted by molar-refractivity contribution is 0.422. The molecule has 0 aliphatic rings. The lowest BCUT2D eigenvalue weighted by Gasteiger charge is -2.06. The molecule has 1 nitrogen and oxygen atoms in total. The van der Waals surface area contributed by atoms with Crippen molar-refractivity contribution in [3.8, 4) is 0 Å². The van der Waals surface area contributed by atoms with Crippen LogP contribution in [-0.4, -0.2) is 14.7 Å². The molecule has 46 valence electrons. The van der Waals surface area contributed by atoms with Crippen molar-refractivity contribution >= 4 is 18.7 Å². The van der Waals surface area contributed by atoms with Crippen molar-refractivity contribution in [2.45, 2.75) is 20.5 Å². The zero-order valence-electron chi connectivity index (χ0n) is 4.29. The molecular formula is C4H13ClOSi. The van der Waals surface area contributed by atoms with Crippen molar-refractivity contribution in [3.05, 3.63) is 0 Å². The van der Waals surface area contributed by atoms with Gasteiger partial charge in [0.15, 0.2) is 0 Å². The molecule has 0 spiro atoms. The molecule has 0 aliphatic heterocycles. The Morgan fingerprint density at radius 2 is 1.57 bits per heavy atom. The maximum atomic E-state index is 5.63. The van der Waals surface area contributed by atoms with Crippen LogP contribution in [0, 0.1) is 0 Å². The van der Waals surface area contributed by atoms with Gasteiger partial charge in [0, 0.05) is 7.11 Å². The van der Waals surface area contributed by atoms with Crippen molar-refractivity contribution in [2.75, 3.05) is 7.11 Å². The van der Waals surface area contributed by atoms with Crippen LogP contribution in [0.5, 0.6) is 0 Å². The minimum absolute atomic E-state index is 0. The summed E-state index contributed by atoms with van der Waals surface area (Å²) in [5, 5.41) is 0. The summed E-state index contributed by atoms with van der Waals surface area (Å²) in [6.45, 7) is 3.85. The topological polar surface area (TPSA) is 9.23 Å². The van der Waals surface area contributed by atoms with Crippen LogP contribution in [0.15, 0.2) is 0 Å². The first kappa shape index (κ1) is 10.4. The molecule has 0 aromatic heterocycles. The van der Waals surface area contributed by atoms with E-state index in [4.69, 9.17) is 15.5 Å². The molecule has 0 heterocycles. The van der Waals surface area contributed by atoms with Crippen LogP contribution in [0.25, 0.3) is 0 Å². The standard InChI is InChI=1S/C3H9ClOSi.CH4/c1-5-6(2,3)4;/h1-3H3;1H4. The van der Waals surface area contributed by atoms with Crippen molar-refractivity contribution in [3.63, 3.8) is 0 Å². The minimum atomic E-state index is -1.66. The highest BCUT2D eigenvalue weighted by Crippen LogP contribution is 2.05. The predicted octanol–water partition coefficient (Wildman–Crippen LogP) is 2.21. The summed E-state index contributed by atoms with van der Waals surface area (Å²) < 4.78 is 4.84. The molecule has 3 heteroatoms. The molecule has 0 fully saturated rings. The monoisotopic (exact) mass is 140 g/mol. The van der Waals surface area contributed by atoms with E-state index in [0.29, 0.717) is 0 Å². The Kier molecular flexibility index (Phi) is 5.17. The van der Waals surface area contributed by atoms with Gasteiger partial charge in [-0.3, -0.25) is 0 Å². The summed E-state index contributed by atoms with van der Waals surface area (Å²) in [6.07, 6.45) is 0. The number of hydrogen-bond acceptors (Lipinski definition) is 1. The van der Waals surface area contributed by atoms with Gasteiger partial charge >= 0.3 is 0 Å². The smallest absolute Gasteiger partial charge is 0.283 e. The summed E-state index contributed by atoms with van der Waals surface area (Å²) in [4.78, 5) is 0. The highest BCUT2D eigenvalue weighted by Gasteiger charge is 2.13. The van der Waals surface area contributed by atoms with Gasteiger partial charge in [0.05, 0.1) is 0 Å². The Bertz CT molecular complexity index is 41.4. The largest absolute Gasteiger partial charge is 0.407 e. The van der Waals surface area contributed by atoms with Crippen molar-refractivity contribution < 1.29 is 4.43 Å². The van der Waals surface area contributed by atoms with Crippen LogP contribution in [-0.2, 0) is 4.43 Å². The van der Waals surface area contributed by atoms with Gasteiger partial charge in [-0.05, 0) is 13.1 Å². The van der Waals surface area contributed by atoms with E-state index in [2.05, 4.69) is 0 Å². The van der Waals surface area contributed by atoms with Gasteiger partial charge in [0.1, 0.15) is 0 Å². The predicted molar refractivity (Wildman–Crippen MR) is 37.1 cm³/mol. The molecular weight excluding hydrogens is 128 g/mol. The van der Waals surface area contributed by atoms with E-state index in [0.717, 1.165) is 0 Å². The van der Waals surface area contributed by atoms with E-state index in [1.54, 1.807) is 7.11 Å². The van der Waals surface area contributed by atoms with Crippen molar-refractivity contribution in [1.29, 1.82) is 0 Å². The van der Waals surface area contributed by atoms with E-state index in [9.17, 15) is 0 Å². The molecule has 0 N–H and O–H groups in total. The third-order valence-electron chi connectivity index (χ3n) is 0.485. The second kappa shape index (κ2) is 3.47. The molecule has 0 radical (unpaired) electrons. The van der Waals surface area contributed by atoms with Crippen molar-refractivity contribution in [2.24, 2.45) is 0 Å². The molecule has 0 bridgehead atoms. The van der Waals surface area contributed by atoms with Gasteiger partial charge in [0.25, 0.3) is 7.63 Å². The highest BCUT2D eigenvalue weighted by atomic mass is 35.6. The van der Waals surface area contributed by atoms with Gasteiger partial charge in [-0.15, -0.1) is 11.1 Å². The maximum Gasteiger partial charge on any atom is 0.283 e. The normalized spacial score (nSPS) is 10.3. The van der Waals surface area contributed by atoms with Crippen LogP contribution in [0.3, 0.4) is 0 Å². The van der Waals surface area contributed by atoms with Gasteiger partial charge in [-0.1, -0.05) is 7.43 Å². The fraction of sp³-hybridized carbons (Fsp3) is 1.00. The van der Waals surface area contributed by atoms with Crippen LogP contribution < -0.4 is 0 Å². The second-order valence-electron chi connectivity index (χ2n) is 1.57. The minimum Gasteiger partial charge on any atom is -0.407 e. The number of hydrogen-bond donors (Lipinski definition) is 0. The van der Waals surface area contributed by atoms with Gasteiger partial charge in [-0.25, -0.2) is 0 Å². The second-order valence-corrected chi connectivity index (χ2v) is 7.43. The Morgan fingerprint density at radius 1 is 1.43 bits per heavy atom. The van der Waals surface area contributed by atoms with Crippen molar-refractivity contribution in [1.82, 2.24) is 0 Å². The first-order valence-electron chi connectivity index (χ1n) is 1.80. The molecule has 0 atom stereocenters. The average molecular weight is 141 g/mol. The van der Waals surface area contributed by atoms with Crippen LogP contribution in [0.1, 0.15) is 7.43 Å². The lowest BCUT2D eigenvalue weighted by atomic mass is 11.8. The number of rotatable bonds is 1. The first-order chi connectivity index (χ1) is 2.56. The van der Waals surface area contributed by atoms with Gasteiger partial charge in [-0.2, -0.15) is 0 Å². The molecule has 0 rings (SSSR count). The highest BCUT2D eigenvalue weighted by molar-refractivity contribution is 7.15. The third-order valence-corrected chi connectivity index (χ3v) is 1.92. The van der Waals surface area contributed by atoms with E-state index >= 15 is 0 Å². The summed E-state index contributed by atoms with van der Waals surface area (Å²) in [5.41, 5.74) is 0. The Balaban J connectivity index is 0. The maximum absolute atomic E-state index is 5.63. The fourth-order valence-electron chi connectivity index (χ4n) is 0. The summed E-state index contributed by atoms with van der Waals surface area (Å²) in [7, 11) is -0.0208. The van der Waals surface area contributed by atoms with Gasteiger partial charge in [0.2, 0.25) is 0 Å². The third kappa shape index (κ3) is 10.7. The Morgan fingerprint density at radius 3 is 1.57 bits per heavy atom. The zero-order valence-corrected chi connectivity index (χ0v) is 6.04. The lowest BCUT2D eigenvalue weighted by Crippen LogP contribution is -2.18. The molecule has 0 unspecified atom stereocenters. The summed E-state index contributed by atoms with van der Waals surface area (Å²) >= 11 is 5.63.